The van der Waals surface area contributed by atoms with Crippen LogP contribution in [-0.2, 0) is 0 Å². The summed E-state index contributed by atoms with van der Waals surface area (Å²) < 4.78 is 0. The van der Waals surface area contributed by atoms with Crippen molar-refractivity contribution in [3.05, 3.63) is 24.4 Å². The SMILES string of the molecule is CC.CC1=NCC/C=C/C=C\N1. The maximum Gasteiger partial charge on any atom is 0.0971 e. The van der Waals surface area contributed by atoms with Crippen LogP contribution in [0.15, 0.2) is 29.4 Å². The van der Waals surface area contributed by atoms with Crippen molar-refractivity contribution in [2.45, 2.75) is 27.2 Å². The van der Waals surface area contributed by atoms with E-state index >= 15 is 0 Å². The zero-order valence-electron chi connectivity index (χ0n) is 8.17. The Bertz CT molecular complexity index is 178. The first kappa shape index (κ1) is 11.0. The smallest absolute Gasteiger partial charge is 0.0971 e. The van der Waals surface area contributed by atoms with Gasteiger partial charge in [0.2, 0.25) is 0 Å². The molecule has 1 rings (SSSR count). The highest BCUT2D eigenvalue weighted by Gasteiger charge is 1.85. The molecule has 2 nitrogen and oxygen atoms in total. The summed E-state index contributed by atoms with van der Waals surface area (Å²) in [6.07, 6.45) is 9.04. The maximum absolute atomic E-state index is 4.25. The van der Waals surface area contributed by atoms with E-state index in [-0.39, 0.29) is 0 Å². The van der Waals surface area contributed by atoms with E-state index in [0.29, 0.717) is 0 Å². The van der Waals surface area contributed by atoms with Crippen LogP contribution in [0.5, 0.6) is 0 Å². The van der Waals surface area contributed by atoms with Crippen molar-refractivity contribution in [2.75, 3.05) is 6.54 Å². The zero-order chi connectivity index (χ0) is 9.23. The minimum absolute atomic E-state index is 0.886. The molecule has 0 spiro atoms. The van der Waals surface area contributed by atoms with Gasteiger partial charge in [0, 0.05) is 12.7 Å². The normalized spacial score (nSPS) is 21.1. The number of allylic oxidation sites excluding steroid dienone is 2. The summed E-state index contributed by atoms with van der Waals surface area (Å²) in [5, 5.41) is 3.04. The van der Waals surface area contributed by atoms with Crippen molar-refractivity contribution in [2.24, 2.45) is 4.99 Å². The highest BCUT2D eigenvalue weighted by Crippen LogP contribution is 1.88. The third-order valence-electron chi connectivity index (χ3n) is 1.28. The minimum atomic E-state index is 0.886. The van der Waals surface area contributed by atoms with Crippen molar-refractivity contribution < 1.29 is 0 Å². The van der Waals surface area contributed by atoms with Crippen LogP contribution in [-0.4, -0.2) is 12.4 Å². The number of rotatable bonds is 0. The van der Waals surface area contributed by atoms with Crippen LogP contribution >= 0.6 is 0 Å². The molecule has 68 valence electrons. The van der Waals surface area contributed by atoms with E-state index in [4.69, 9.17) is 0 Å². The van der Waals surface area contributed by atoms with E-state index in [9.17, 15) is 0 Å². The molecule has 12 heavy (non-hydrogen) atoms. The van der Waals surface area contributed by atoms with Crippen molar-refractivity contribution in [3.63, 3.8) is 0 Å². The lowest BCUT2D eigenvalue weighted by Gasteiger charge is -1.95. The number of nitrogens with one attached hydrogen (secondary N) is 1. The van der Waals surface area contributed by atoms with Gasteiger partial charge in [-0.3, -0.25) is 4.99 Å². The molecule has 0 fully saturated rings. The van der Waals surface area contributed by atoms with E-state index in [2.05, 4.69) is 16.4 Å². The van der Waals surface area contributed by atoms with E-state index in [1.165, 1.54) is 0 Å². The van der Waals surface area contributed by atoms with Crippen LogP contribution in [0.4, 0.5) is 0 Å². The van der Waals surface area contributed by atoms with Gasteiger partial charge < -0.3 is 5.32 Å². The molecule has 0 aliphatic carbocycles. The summed E-state index contributed by atoms with van der Waals surface area (Å²) in [7, 11) is 0. The lowest BCUT2D eigenvalue weighted by Crippen LogP contribution is -2.12. The van der Waals surface area contributed by atoms with Gasteiger partial charge >= 0.3 is 0 Å². The molecule has 0 aromatic carbocycles. The lowest BCUT2D eigenvalue weighted by atomic mass is 10.4. The fourth-order valence-electron chi connectivity index (χ4n) is 0.751. The van der Waals surface area contributed by atoms with Gasteiger partial charge in [-0.1, -0.05) is 26.0 Å². The van der Waals surface area contributed by atoms with E-state index < -0.39 is 0 Å². The van der Waals surface area contributed by atoms with E-state index in [1.54, 1.807) is 0 Å². The largest absolute Gasteiger partial charge is 0.351 e. The average Bonchev–Trinajstić information content (AvgIpc) is 2.22. The second kappa shape index (κ2) is 8.05. The van der Waals surface area contributed by atoms with Gasteiger partial charge in [-0.2, -0.15) is 0 Å². The zero-order valence-corrected chi connectivity index (χ0v) is 8.17. The Kier molecular flexibility index (Phi) is 7.35. The Morgan fingerprint density at radius 1 is 1.33 bits per heavy atom. The number of hydrogen-bond acceptors (Lipinski definition) is 2. The summed E-state index contributed by atoms with van der Waals surface area (Å²) in [4.78, 5) is 4.25. The first-order chi connectivity index (χ1) is 5.89. The van der Waals surface area contributed by atoms with Gasteiger partial charge in [0.15, 0.2) is 0 Å². The van der Waals surface area contributed by atoms with Gasteiger partial charge in [0.1, 0.15) is 0 Å². The van der Waals surface area contributed by atoms with Gasteiger partial charge in [-0.05, 0) is 19.4 Å². The maximum atomic E-state index is 4.25. The topological polar surface area (TPSA) is 24.4 Å². The molecule has 1 aliphatic rings. The third-order valence-corrected chi connectivity index (χ3v) is 1.28. The van der Waals surface area contributed by atoms with Crippen molar-refractivity contribution in [1.29, 1.82) is 0 Å². The fourth-order valence-corrected chi connectivity index (χ4v) is 0.751. The van der Waals surface area contributed by atoms with Crippen molar-refractivity contribution in [1.82, 2.24) is 5.32 Å². The molecular formula is C10H18N2. The molecule has 0 saturated heterocycles. The van der Waals surface area contributed by atoms with E-state index in [1.807, 2.05) is 39.1 Å². The Morgan fingerprint density at radius 3 is 2.83 bits per heavy atom. The fraction of sp³-hybridized carbons (Fsp3) is 0.500. The first-order valence-corrected chi connectivity index (χ1v) is 4.49. The van der Waals surface area contributed by atoms with Crippen molar-refractivity contribution in [3.8, 4) is 0 Å². The number of nitrogens with zero attached hydrogens (tertiary/aromatic N) is 1. The summed E-state index contributed by atoms with van der Waals surface area (Å²) in [6, 6.07) is 0. The predicted octanol–water partition coefficient (Wildman–Crippen LogP) is 2.49. The third kappa shape index (κ3) is 5.71. The summed E-state index contributed by atoms with van der Waals surface area (Å²) in [5.41, 5.74) is 0. The Hall–Kier alpha value is -1.05. The Balaban J connectivity index is 0.000000561. The van der Waals surface area contributed by atoms with Gasteiger partial charge in [0.25, 0.3) is 0 Å². The number of aliphatic imine (C=N–C) groups is 1. The molecule has 1 heterocycles. The van der Waals surface area contributed by atoms with Crippen LogP contribution in [0.3, 0.4) is 0 Å². The van der Waals surface area contributed by atoms with Crippen LogP contribution in [0.25, 0.3) is 0 Å². The molecule has 1 N–H and O–H groups in total. The number of hydrogen-bond donors (Lipinski definition) is 1. The van der Waals surface area contributed by atoms with Crippen LogP contribution in [0.2, 0.25) is 0 Å². The molecule has 0 aromatic rings. The molecule has 0 atom stereocenters. The highest BCUT2D eigenvalue weighted by atomic mass is 15.0. The van der Waals surface area contributed by atoms with Gasteiger partial charge in [0.05, 0.1) is 5.84 Å². The molecular weight excluding hydrogens is 148 g/mol. The monoisotopic (exact) mass is 166 g/mol. The molecule has 0 bridgehead atoms. The Morgan fingerprint density at radius 2 is 2.08 bits per heavy atom. The second-order valence-corrected chi connectivity index (χ2v) is 2.19. The second-order valence-electron chi connectivity index (χ2n) is 2.19. The highest BCUT2D eigenvalue weighted by molar-refractivity contribution is 5.80. The predicted molar refractivity (Wildman–Crippen MR) is 55.4 cm³/mol. The van der Waals surface area contributed by atoms with Crippen molar-refractivity contribution >= 4 is 5.84 Å². The molecule has 0 amide bonds. The average molecular weight is 166 g/mol. The van der Waals surface area contributed by atoms with Crippen LogP contribution in [0, 0.1) is 0 Å². The molecule has 0 unspecified atom stereocenters. The Labute approximate surface area is 75.1 Å². The number of amidine groups is 1. The lowest BCUT2D eigenvalue weighted by molar-refractivity contribution is 0.992. The molecule has 0 radical (unpaired) electrons. The van der Waals surface area contributed by atoms with Crippen LogP contribution in [0.1, 0.15) is 27.2 Å². The minimum Gasteiger partial charge on any atom is -0.351 e. The van der Waals surface area contributed by atoms with Gasteiger partial charge in [-0.25, -0.2) is 0 Å². The molecule has 0 saturated carbocycles. The molecule has 1 aliphatic heterocycles. The standard InChI is InChI=1S/C8H12N2.C2H6/c1-8-9-6-4-2-3-5-7-10-8;1-2/h2-4,6H,5,7H2,1H3,(H,9,10);1-2H3/b3-2+,6-4-;. The molecule has 2 heteroatoms. The summed E-state index contributed by atoms with van der Waals surface area (Å²) in [5.74, 6) is 0.986. The first-order valence-electron chi connectivity index (χ1n) is 4.49. The molecule has 0 aromatic heterocycles. The van der Waals surface area contributed by atoms with Gasteiger partial charge in [-0.15, -0.1) is 0 Å². The van der Waals surface area contributed by atoms with Crippen LogP contribution < -0.4 is 5.32 Å². The van der Waals surface area contributed by atoms with E-state index in [0.717, 1.165) is 18.8 Å². The summed E-state index contributed by atoms with van der Waals surface area (Å²) in [6.45, 7) is 6.85. The quantitative estimate of drug-likeness (QED) is 0.587. The summed E-state index contributed by atoms with van der Waals surface area (Å²) >= 11 is 0.